The highest BCUT2D eigenvalue weighted by molar-refractivity contribution is 7.80. The Balaban J connectivity index is 1.58. The molecule has 1 aliphatic rings. The van der Waals surface area contributed by atoms with Crippen molar-refractivity contribution in [2.75, 3.05) is 26.3 Å². The lowest BCUT2D eigenvalue weighted by molar-refractivity contribution is 0.174. The topological polar surface area (TPSA) is 61.0 Å². The summed E-state index contributed by atoms with van der Waals surface area (Å²) in [6.45, 7) is 0.848. The van der Waals surface area contributed by atoms with Crippen LogP contribution in [-0.2, 0) is 6.54 Å². The molecule has 6 nitrogen and oxygen atoms in total. The molecule has 2 N–H and O–H groups in total. The van der Waals surface area contributed by atoms with E-state index in [4.69, 9.17) is 31.2 Å². The number of rotatable bonds is 5. The second-order valence-corrected chi connectivity index (χ2v) is 5.47. The molecule has 0 saturated heterocycles. The minimum atomic E-state index is 0.269. The molecule has 2 aromatic rings. The number of anilines is 1. The van der Waals surface area contributed by atoms with Crippen LogP contribution in [0.2, 0.25) is 0 Å². The van der Waals surface area contributed by atoms with Crippen molar-refractivity contribution < 1.29 is 18.9 Å². The fourth-order valence-corrected chi connectivity index (χ4v) is 2.51. The molecular formula is C17H18N2O4S. The van der Waals surface area contributed by atoms with E-state index in [0.717, 1.165) is 22.7 Å². The van der Waals surface area contributed by atoms with Crippen LogP contribution in [0.5, 0.6) is 23.0 Å². The van der Waals surface area contributed by atoms with Crippen LogP contribution < -0.4 is 29.6 Å². The van der Waals surface area contributed by atoms with E-state index >= 15 is 0 Å². The number of methoxy groups -OCH3 is 2. The Morgan fingerprint density at radius 3 is 2.62 bits per heavy atom. The van der Waals surface area contributed by atoms with Gasteiger partial charge in [-0.2, -0.15) is 0 Å². The first kappa shape index (κ1) is 16.2. The summed E-state index contributed by atoms with van der Waals surface area (Å²) in [6, 6.07) is 11.3. The van der Waals surface area contributed by atoms with Gasteiger partial charge in [-0.3, -0.25) is 0 Å². The van der Waals surface area contributed by atoms with Crippen molar-refractivity contribution in [3.8, 4) is 23.0 Å². The first-order chi connectivity index (χ1) is 11.7. The number of hydrogen-bond acceptors (Lipinski definition) is 5. The van der Waals surface area contributed by atoms with Crippen LogP contribution in [0, 0.1) is 0 Å². The molecule has 0 unspecified atom stereocenters. The van der Waals surface area contributed by atoms with Crippen LogP contribution in [0.3, 0.4) is 0 Å². The molecule has 1 aliphatic heterocycles. The summed E-state index contributed by atoms with van der Waals surface area (Å²) in [5.41, 5.74) is 1.87. The summed E-state index contributed by atoms with van der Waals surface area (Å²) in [5, 5.41) is 6.79. The quantitative estimate of drug-likeness (QED) is 0.807. The van der Waals surface area contributed by atoms with Gasteiger partial charge in [0.25, 0.3) is 0 Å². The first-order valence-corrected chi connectivity index (χ1v) is 7.76. The molecule has 24 heavy (non-hydrogen) atoms. The Bertz CT molecular complexity index is 751. The van der Waals surface area contributed by atoms with Gasteiger partial charge in [0.2, 0.25) is 6.79 Å². The van der Waals surface area contributed by atoms with E-state index in [2.05, 4.69) is 10.6 Å². The summed E-state index contributed by atoms with van der Waals surface area (Å²) in [4.78, 5) is 0. The van der Waals surface area contributed by atoms with Crippen LogP contribution in [0.15, 0.2) is 36.4 Å². The molecule has 7 heteroatoms. The summed E-state index contributed by atoms with van der Waals surface area (Å²) in [5.74, 6) is 2.83. The maximum Gasteiger partial charge on any atom is 0.231 e. The van der Waals surface area contributed by atoms with Gasteiger partial charge in [0, 0.05) is 18.3 Å². The van der Waals surface area contributed by atoms with Gasteiger partial charge in [0.05, 0.1) is 14.2 Å². The Morgan fingerprint density at radius 1 is 1.04 bits per heavy atom. The minimum absolute atomic E-state index is 0.269. The third-order valence-corrected chi connectivity index (χ3v) is 3.78. The van der Waals surface area contributed by atoms with Crippen LogP contribution in [0.1, 0.15) is 5.56 Å². The monoisotopic (exact) mass is 346 g/mol. The van der Waals surface area contributed by atoms with Crippen LogP contribution in [0.25, 0.3) is 0 Å². The van der Waals surface area contributed by atoms with Crippen molar-refractivity contribution >= 4 is 23.0 Å². The van der Waals surface area contributed by atoms with Crippen molar-refractivity contribution in [2.45, 2.75) is 6.54 Å². The lowest BCUT2D eigenvalue weighted by Crippen LogP contribution is -2.27. The van der Waals surface area contributed by atoms with Crippen LogP contribution >= 0.6 is 12.2 Å². The molecule has 0 amide bonds. The fourth-order valence-electron chi connectivity index (χ4n) is 2.32. The molecule has 0 saturated carbocycles. The van der Waals surface area contributed by atoms with Crippen LogP contribution in [0.4, 0.5) is 5.69 Å². The molecule has 126 valence electrons. The van der Waals surface area contributed by atoms with Crippen molar-refractivity contribution in [3.63, 3.8) is 0 Å². The number of benzene rings is 2. The summed E-state index contributed by atoms with van der Waals surface area (Å²) < 4.78 is 21.2. The SMILES string of the molecule is COc1ccc(NC(=S)NCc2ccc3c(c2)OCO3)cc1OC. The molecule has 1 heterocycles. The Labute approximate surface area is 145 Å². The molecule has 0 atom stereocenters. The highest BCUT2D eigenvalue weighted by Gasteiger charge is 2.13. The van der Waals surface area contributed by atoms with Crippen LogP contribution in [-0.4, -0.2) is 26.1 Å². The zero-order valence-corrected chi connectivity index (χ0v) is 14.2. The molecule has 0 aromatic heterocycles. The minimum Gasteiger partial charge on any atom is -0.493 e. The van der Waals surface area contributed by atoms with E-state index in [1.807, 2.05) is 36.4 Å². The van der Waals surface area contributed by atoms with Gasteiger partial charge in [-0.05, 0) is 42.0 Å². The summed E-state index contributed by atoms with van der Waals surface area (Å²) in [7, 11) is 3.19. The highest BCUT2D eigenvalue weighted by atomic mass is 32.1. The lowest BCUT2D eigenvalue weighted by atomic mass is 10.2. The molecule has 0 bridgehead atoms. The molecule has 2 aromatic carbocycles. The van der Waals surface area contributed by atoms with Gasteiger partial charge in [0.15, 0.2) is 28.1 Å². The lowest BCUT2D eigenvalue weighted by Gasteiger charge is -2.13. The van der Waals surface area contributed by atoms with Gasteiger partial charge in [-0.1, -0.05) is 6.07 Å². The molecular weight excluding hydrogens is 328 g/mol. The zero-order chi connectivity index (χ0) is 16.9. The van der Waals surface area contributed by atoms with E-state index in [0.29, 0.717) is 23.2 Å². The van der Waals surface area contributed by atoms with Gasteiger partial charge in [0.1, 0.15) is 0 Å². The number of ether oxygens (including phenoxy) is 4. The molecule has 0 radical (unpaired) electrons. The molecule has 3 rings (SSSR count). The highest BCUT2D eigenvalue weighted by Crippen LogP contribution is 2.32. The predicted molar refractivity (Wildman–Crippen MR) is 95.2 cm³/mol. The summed E-state index contributed by atoms with van der Waals surface area (Å²) >= 11 is 5.33. The van der Waals surface area contributed by atoms with Gasteiger partial charge < -0.3 is 29.6 Å². The van der Waals surface area contributed by atoms with E-state index in [9.17, 15) is 0 Å². The van der Waals surface area contributed by atoms with E-state index < -0.39 is 0 Å². The van der Waals surface area contributed by atoms with Crippen molar-refractivity contribution in [1.29, 1.82) is 0 Å². The van der Waals surface area contributed by atoms with Crippen molar-refractivity contribution in [2.24, 2.45) is 0 Å². The Hall–Kier alpha value is -2.67. The average molecular weight is 346 g/mol. The largest absolute Gasteiger partial charge is 0.493 e. The average Bonchev–Trinajstić information content (AvgIpc) is 3.07. The van der Waals surface area contributed by atoms with Crippen molar-refractivity contribution in [1.82, 2.24) is 5.32 Å². The van der Waals surface area contributed by atoms with E-state index in [-0.39, 0.29) is 6.79 Å². The molecule has 0 spiro atoms. The number of fused-ring (bicyclic) bond motifs is 1. The third-order valence-electron chi connectivity index (χ3n) is 3.53. The fraction of sp³-hybridized carbons (Fsp3) is 0.235. The van der Waals surface area contributed by atoms with Gasteiger partial charge >= 0.3 is 0 Å². The molecule has 0 fully saturated rings. The Kier molecular flexibility index (Phi) is 4.90. The molecule has 0 aliphatic carbocycles. The Morgan fingerprint density at radius 2 is 1.83 bits per heavy atom. The van der Waals surface area contributed by atoms with Gasteiger partial charge in [-0.25, -0.2) is 0 Å². The standard InChI is InChI=1S/C17H18N2O4S/c1-20-13-6-4-12(8-15(13)21-2)19-17(24)18-9-11-3-5-14-16(7-11)23-10-22-14/h3-8H,9-10H2,1-2H3,(H2,18,19,24). The first-order valence-electron chi connectivity index (χ1n) is 7.35. The van der Waals surface area contributed by atoms with E-state index in [1.54, 1.807) is 14.2 Å². The smallest absolute Gasteiger partial charge is 0.231 e. The number of hydrogen-bond donors (Lipinski definition) is 2. The zero-order valence-electron chi connectivity index (χ0n) is 13.4. The normalized spacial score (nSPS) is 11.8. The third kappa shape index (κ3) is 3.62. The van der Waals surface area contributed by atoms with Gasteiger partial charge in [-0.15, -0.1) is 0 Å². The maximum atomic E-state index is 5.36. The van der Waals surface area contributed by atoms with Crippen molar-refractivity contribution in [3.05, 3.63) is 42.0 Å². The second kappa shape index (κ2) is 7.27. The number of nitrogens with one attached hydrogen (secondary N) is 2. The van der Waals surface area contributed by atoms with E-state index in [1.165, 1.54) is 0 Å². The maximum absolute atomic E-state index is 5.36. The predicted octanol–water partition coefficient (Wildman–Crippen LogP) is 2.92. The second-order valence-electron chi connectivity index (χ2n) is 5.07. The number of thiocarbonyl (C=S) groups is 1. The summed E-state index contributed by atoms with van der Waals surface area (Å²) in [6.07, 6.45) is 0.